The van der Waals surface area contributed by atoms with Gasteiger partial charge >= 0.3 is 0 Å². The van der Waals surface area contributed by atoms with Crippen molar-refractivity contribution in [1.29, 1.82) is 0 Å². The highest BCUT2D eigenvalue weighted by atomic mass is 19.3. The molecule has 2 heterocycles. The molecular weight excluding hydrogens is 214 g/mol. The van der Waals surface area contributed by atoms with E-state index in [1.165, 1.54) is 0 Å². The van der Waals surface area contributed by atoms with Crippen LogP contribution in [0.15, 0.2) is 0 Å². The van der Waals surface area contributed by atoms with Crippen LogP contribution in [0.1, 0.15) is 26.2 Å². The van der Waals surface area contributed by atoms with E-state index in [0.717, 1.165) is 12.8 Å². The number of carbonyl (C=O) groups is 1. The fourth-order valence-corrected chi connectivity index (χ4v) is 2.34. The van der Waals surface area contributed by atoms with Crippen molar-refractivity contribution in [2.75, 3.05) is 19.6 Å². The molecule has 2 rings (SSSR count). The van der Waals surface area contributed by atoms with Crippen LogP contribution in [0.4, 0.5) is 8.78 Å². The third kappa shape index (κ3) is 2.51. The molecule has 92 valence electrons. The van der Waals surface area contributed by atoms with Crippen LogP contribution in [0.3, 0.4) is 0 Å². The summed E-state index contributed by atoms with van der Waals surface area (Å²) in [6, 6.07) is -0.677. The first-order chi connectivity index (χ1) is 7.48. The van der Waals surface area contributed by atoms with Gasteiger partial charge in [0, 0.05) is 19.5 Å². The van der Waals surface area contributed by atoms with E-state index in [1.807, 2.05) is 0 Å². The highest BCUT2D eigenvalue weighted by Crippen LogP contribution is 2.27. The molecule has 2 aliphatic rings. The van der Waals surface area contributed by atoms with Crippen LogP contribution in [-0.4, -0.2) is 42.4 Å². The maximum absolute atomic E-state index is 13.0. The van der Waals surface area contributed by atoms with Gasteiger partial charge in [0.15, 0.2) is 0 Å². The Kier molecular flexibility index (Phi) is 3.15. The number of hydrogen-bond acceptors (Lipinski definition) is 2. The minimum Gasteiger partial charge on any atom is -0.341 e. The second-order valence-electron chi connectivity index (χ2n) is 5.00. The van der Waals surface area contributed by atoms with Crippen molar-refractivity contribution in [3.8, 4) is 0 Å². The van der Waals surface area contributed by atoms with E-state index >= 15 is 0 Å². The van der Waals surface area contributed by atoms with Crippen LogP contribution in [-0.2, 0) is 4.79 Å². The fourth-order valence-electron chi connectivity index (χ4n) is 2.34. The van der Waals surface area contributed by atoms with Gasteiger partial charge in [-0.15, -0.1) is 0 Å². The topological polar surface area (TPSA) is 32.3 Å². The van der Waals surface area contributed by atoms with Gasteiger partial charge < -0.3 is 4.90 Å². The third-order valence-corrected chi connectivity index (χ3v) is 3.50. The molecule has 2 saturated heterocycles. The number of nitrogens with zero attached hydrogens (tertiary/aromatic N) is 1. The Morgan fingerprint density at radius 1 is 1.38 bits per heavy atom. The van der Waals surface area contributed by atoms with Gasteiger partial charge in [-0.05, 0) is 18.8 Å². The SMILES string of the molecule is CC1CCN(C(=O)[C@@H]2CC(F)(F)CN2)CC1. The van der Waals surface area contributed by atoms with E-state index in [4.69, 9.17) is 0 Å². The first kappa shape index (κ1) is 11.8. The number of likely N-dealkylation sites (tertiary alicyclic amines) is 1. The number of piperidine rings is 1. The van der Waals surface area contributed by atoms with Gasteiger partial charge in [-0.2, -0.15) is 0 Å². The molecular formula is C11H18F2N2O. The maximum Gasteiger partial charge on any atom is 0.262 e. The molecule has 1 amide bonds. The van der Waals surface area contributed by atoms with Crippen LogP contribution in [0, 0.1) is 5.92 Å². The lowest BCUT2D eigenvalue weighted by atomic mass is 9.98. The number of nitrogens with one attached hydrogen (secondary N) is 1. The zero-order valence-corrected chi connectivity index (χ0v) is 9.51. The van der Waals surface area contributed by atoms with Gasteiger partial charge in [0.2, 0.25) is 5.91 Å². The molecule has 0 bridgehead atoms. The van der Waals surface area contributed by atoms with Crippen molar-refractivity contribution in [2.45, 2.75) is 38.2 Å². The summed E-state index contributed by atoms with van der Waals surface area (Å²) in [6.45, 7) is 3.21. The van der Waals surface area contributed by atoms with Crippen molar-refractivity contribution >= 4 is 5.91 Å². The summed E-state index contributed by atoms with van der Waals surface area (Å²) in [5.41, 5.74) is 0. The average Bonchev–Trinajstić information content (AvgIpc) is 2.59. The van der Waals surface area contributed by atoms with Crippen LogP contribution < -0.4 is 5.32 Å². The highest BCUT2D eigenvalue weighted by Gasteiger charge is 2.43. The molecule has 5 heteroatoms. The van der Waals surface area contributed by atoms with Crippen molar-refractivity contribution in [3.63, 3.8) is 0 Å². The predicted molar refractivity (Wildman–Crippen MR) is 56.3 cm³/mol. The van der Waals surface area contributed by atoms with Crippen LogP contribution in [0.2, 0.25) is 0 Å². The minimum absolute atomic E-state index is 0.149. The summed E-state index contributed by atoms with van der Waals surface area (Å²) in [5, 5.41) is 2.61. The number of halogens is 2. The molecule has 0 spiro atoms. The monoisotopic (exact) mass is 232 g/mol. The first-order valence-corrected chi connectivity index (χ1v) is 5.88. The van der Waals surface area contributed by atoms with Gasteiger partial charge in [-0.1, -0.05) is 6.92 Å². The molecule has 0 unspecified atom stereocenters. The average molecular weight is 232 g/mol. The van der Waals surface area contributed by atoms with Crippen molar-refractivity contribution < 1.29 is 13.6 Å². The Bertz CT molecular complexity index is 275. The van der Waals surface area contributed by atoms with Gasteiger partial charge in [0.1, 0.15) is 0 Å². The summed E-state index contributed by atoms with van der Waals surface area (Å²) in [7, 11) is 0. The molecule has 0 radical (unpaired) electrons. The number of amides is 1. The Morgan fingerprint density at radius 3 is 2.50 bits per heavy atom. The van der Waals surface area contributed by atoms with E-state index in [0.29, 0.717) is 19.0 Å². The Hall–Kier alpha value is -0.710. The lowest BCUT2D eigenvalue weighted by Crippen LogP contribution is -2.46. The summed E-state index contributed by atoms with van der Waals surface area (Å²) in [6.07, 6.45) is 1.61. The molecule has 0 aliphatic carbocycles. The summed E-state index contributed by atoms with van der Waals surface area (Å²) in [5.74, 6) is -2.23. The molecule has 0 aromatic rings. The summed E-state index contributed by atoms with van der Waals surface area (Å²) < 4.78 is 25.9. The summed E-state index contributed by atoms with van der Waals surface area (Å²) in [4.78, 5) is 13.6. The maximum atomic E-state index is 13.0. The molecule has 2 aliphatic heterocycles. The smallest absolute Gasteiger partial charge is 0.262 e. The van der Waals surface area contributed by atoms with Crippen LogP contribution in [0.5, 0.6) is 0 Å². The molecule has 0 aromatic carbocycles. The predicted octanol–water partition coefficient (Wildman–Crippen LogP) is 1.24. The standard InChI is InChI=1S/C11H18F2N2O/c1-8-2-4-15(5-3-8)10(16)9-6-11(12,13)7-14-9/h8-9,14H,2-7H2,1H3/t9-/m0/s1. The van der Waals surface area contributed by atoms with Gasteiger partial charge in [-0.25, -0.2) is 8.78 Å². The van der Waals surface area contributed by atoms with Gasteiger partial charge in [0.05, 0.1) is 12.6 Å². The van der Waals surface area contributed by atoms with Crippen molar-refractivity contribution in [3.05, 3.63) is 0 Å². The lowest BCUT2D eigenvalue weighted by molar-refractivity contribution is -0.135. The number of rotatable bonds is 1. The molecule has 0 aromatic heterocycles. The Balaban J connectivity index is 1.89. The zero-order valence-electron chi connectivity index (χ0n) is 9.51. The van der Waals surface area contributed by atoms with Gasteiger partial charge in [-0.3, -0.25) is 10.1 Å². The molecule has 2 fully saturated rings. The minimum atomic E-state index is -2.72. The molecule has 16 heavy (non-hydrogen) atoms. The largest absolute Gasteiger partial charge is 0.341 e. The zero-order chi connectivity index (χ0) is 11.8. The fraction of sp³-hybridized carbons (Fsp3) is 0.909. The molecule has 0 saturated carbocycles. The van der Waals surface area contributed by atoms with Crippen molar-refractivity contribution in [1.82, 2.24) is 10.2 Å². The highest BCUT2D eigenvalue weighted by molar-refractivity contribution is 5.82. The van der Waals surface area contributed by atoms with E-state index < -0.39 is 12.0 Å². The lowest BCUT2D eigenvalue weighted by Gasteiger charge is -2.32. The first-order valence-electron chi connectivity index (χ1n) is 5.88. The van der Waals surface area contributed by atoms with Gasteiger partial charge in [0.25, 0.3) is 5.92 Å². The Labute approximate surface area is 94.2 Å². The number of alkyl halides is 2. The molecule has 1 atom stereocenters. The van der Waals surface area contributed by atoms with E-state index in [-0.39, 0.29) is 18.9 Å². The number of hydrogen-bond donors (Lipinski definition) is 1. The van der Waals surface area contributed by atoms with Crippen LogP contribution in [0.25, 0.3) is 0 Å². The molecule has 3 nitrogen and oxygen atoms in total. The van der Waals surface area contributed by atoms with E-state index in [2.05, 4.69) is 12.2 Å². The van der Waals surface area contributed by atoms with E-state index in [1.54, 1.807) is 4.90 Å². The third-order valence-electron chi connectivity index (χ3n) is 3.50. The number of carbonyl (C=O) groups excluding carboxylic acids is 1. The molecule has 1 N–H and O–H groups in total. The summed E-state index contributed by atoms with van der Waals surface area (Å²) >= 11 is 0. The van der Waals surface area contributed by atoms with Crippen LogP contribution >= 0.6 is 0 Å². The van der Waals surface area contributed by atoms with Crippen molar-refractivity contribution in [2.24, 2.45) is 5.92 Å². The Morgan fingerprint density at radius 2 is 2.00 bits per heavy atom. The second kappa shape index (κ2) is 4.28. The van der Waals surface area contributed by atoms with E-state index in [9.17, 15) is 13.6 Å². The normalized spacial score (nSPS) is 30.7. The quantitative estimate of drug-likeness (QED) is 0.737. The second-order valence-corrected chi connectivity index (χ2v) is 5.00.